The van der Waals surface area contributed by atoms with Gasteiger partial charge in [-0.25, -0.2) is 0 Å². The Labute approximate surface area is 129 Å². The van der Waals surface area contributed by atoms with Gasteiger partial charge >= 0.3 is 0 Å². The highest BCUT2D eigenvalue weighted by Gasteiger charge is 2.15. The van der Waals surface area contributed by atoms with Crippen molar-refractivity contribution < 1.29 is 9.53 Å². The van der Waals surface area contributed by atoms with E-state index in [-0.39, 0.29) is 5.91 Å². The molecule has 1 heterocycles. The van der Waals surface area contributed by atoms with Crippen LogP contribution < -0.4 is 10.5 Å². The minimum atomic E-state index is -0.00585. The van der Waals surface area contributed by atoms with E-state index in [0.717, 1.165) is 16.2 Å². The maximum Gasteiger partial charge on any atom is 0.264 e. The summed E-state index contributed by atoms with van der Waals surface area (Å²) in [4.78, 5) is 15.7. The largest absolute Gasteiger partial charge is 0.494 e. The zero-order valence-corrected chi connectivity index (χ0v) is 13.4. The number of amides is 1. The summed E-state index contributed by atoms with van der Waals surface area (Å²) in [6, 6.07) is 9.54. The maximum absolute atomic E-state index is 12.3. The molecule has 2 aromatic rings. The summed E-state index contributed by atoms with van der Waals surface area (Å²) in [5.74, 6) is 0.838. The third kappa shape index (κ3) is 3.76. The predicted molar refractivity (Wildman–Crippen MR) is 86.9 cm³/mol. The third-order valence-corrected chi connectivity index (χ3v) is 4.22. The molecule has 2 N–H and O–H groups in total. The van der Waals surface area contributed by atoms with E-state index in [4.69, 9.17) is 10.5 Å². The van der Waals surface area contributed by atoms with Crippen LogP contribution in [0.4, 0.5) is 5.69 Å². The number of nitrogen functional groups attached to an aromatic ring is 1. The van der Waals surface area contributed by atoms with Gasteiger partial charge in [0.15, 0.2) is 0 Å². The first-order valence-corrected chi connectivity index (χ1v) is 7.66. The van der Waals surface area contributed by atoms with E-state index in [1.807, 2.05) is 38.1 Å². The van der Waals surface area contributed by atoms with Crippen molar-refractivity contribution in [3.63, 3.8) is 0 Å². The van der Waals surface area contributed by atoms with Gasteiger partial charge in [-0.2, -0.15) is 0 Å². The van der Waals surface area contributed by atoms with Crippen LogP contribution >= 0.6 is 11.3 Å². The van der Waals surface area contributed by atoms with Gasteiger partial charge in [0, 0.05) is 24.2 Å². The SMILES string of the molecule is CCOc1ccc(CN(C)C(=O)c2cc(N)c(C)s2)cc1. The molecule has 0 aliphatic rings. The number of aryl methyl sites for hydroxylation is 1. The first-order chi connectivity index (χ1) is 10.0. The molecular formula is C16H20N2O2S. The van der Waals surface area contributed by atoms with Crippen LogP contribution in [-0.2, 0) is 6.54 Å². The summed E-state index contributed by atoms with van der Waals surface area (Å²) in [6.45, 7) is 5.08. The fourth-order valence-corrected chi connectivity index (χ4v) is 2.93. The predicted octanol–water partition coefficient (Wildman–Crippen LogP) is 3.31. The van der Waals surface area contributed by atoms with E-state index in [1.54, 1.807) is 18.0 Å². The van der Waals surface area contributed by atoms with E-state index >= 15 is 0 Å². The lowest BCUT2D eigenvalue weighted by atomic mass is 10.2. The summed E-state index contributed by atoms with van der Waals surface area (Å²) in [6.07, 6.45) is 0. The summed E-state index contributed by atoms with van der Waals surface area (Å²) in [5.41, 5.74) is 7.55. The number of benzene rings is 1. The number of hydrogen-bond acceptors (Lipinski definition) is 4. The second-order valence-corrected chi connectivity index (χ2v) is 6.12. The number of thiophene rings is 1. The molecule has 1 aromatic carbocycles. The molecule has 4 nitrogen and oxygen atoms in total. The van der Waals surface area contributed by atoms with Crippen LogP contribution in [0, 0.1) is 6.92 Å². The van der Waals surface area contributed by atoms with Crippen molar-refractivity contribution in [2.24, 2.45) is 0 Å². The first kappa shape index (κ1) is 15.4. The number of hydrogen-bond donors (Lipinski definition) is 1. The van der Waals surface area contributed by atoms with Crippen molar-refractivity contribution in [1.29, 1.82) is 0 Å². The molecule has 2 rings (SSSR count). The molecule has 0 saturated heterocycles. The van der Waals surface area contributed by atoms with Gasteiger partial charge in [-0.05, 0) is 37.6 Å². The maximum atomic E-state index is 12.3. The highest BCUT2D eigenvalue weighted by Crippen LogP contribution is 2.25. The third-order valence-electron chi connectivity index (χ3n) is 3.17. The van der Waals surface area contributed by atoms with Gasteiger partial charge in [0.1, 0.15) is 5.75 Å². The standard InChI is InChI=1S/C16H20N2O2S/c1-4-20-13-7-5-12(6-8-13)10-18(3)16(19)15-9-14(17)11(2)21-15/h5-9H,4,10,17H2,1-3H3. The smallest absolute Gasteiger partial charge is 0.264 e. The number of carbonyl (C=O) groups is 1. The summed E-state index contributed by atoms with van der Waals surface area (Å²) >= 11 is 1.43. The van der Waals surface area contributed by atoms with E-state index < -0.39 is 0 Å². The van der Waals surface area contributed by atoms with Crippen molar-refractivity contribution in [2.45, 2.75) is 20.4 Å². The molecule has 0 fully saturated rings. The van der Waals surface area contributed by atoms with E-state index in [2.05, 4.69) is 0 Å². The summed E-state index contributed by atoms with van der Waals surface area (Å²) in [7, 11) is 1.80. The number of anilines is 1. The van der Waals surface area contributed by atoms with Gasteiger partial charge in [-0.1, -0.05) is 12.1 Å². The molecule has 0 spiro atoms. The topological polar surface area (TPSA) is 55.6 Å². The Kier molecular flexibility index (Phi) is 4.85. The van der Waals surface area contributed by atoms with Crippen LogP contribution in [0.1, 0.15) is 27.0 Å². The Morgan fingerprint density at radius 1 is 1.33 bits per heavy atom. The number of nitrogens with zero attached hydrogens (tertiary/aromatic N) is 1. The average molecular weight is 304 g/mol. The minimum absolute atomic E-state index is 0.00585. The summed E-state index contributed by atoms with van der Waals surface area (Å²) in [5, 5.41) is 0. The summed E-state index contributed by atoms with van der Waals surface area (Å²) < 4.78 is 5.41. The zero-order chi connectivity index (χ0) is 15.4. The van der Waals surface area contributed by atoms with Crippen molar-refractivity contribution in [1.82, 2.24) is 4.90 Å². The minimum Gasteiger partial charge on any atom is -0.494 e. The fourth-order valence-electron chi connectivity index (χ4n) is 1.99. The van der Waals surface area contributed by atoms with Gasteiger partial charge in [0.05, 0.1) is 11.5 Å². The first-order valence-electron chi connectivity index (χ1n) is 6.84. The lowest BCUT2D eigenvalue weighted by molar-refractivity contribution is 0.0790. The molecule has 1 aromatic heterocycles. The Balaban J connectivity index is 2.03. The highest BCUT2D eigenvalue weighted by molar-refractivity contribution is 7.14. The van der Waals surface area contributed by atoms with Crippen molar-refractivity contribution >= 4 is 22.9 Å². The molecule has 1 amide bonds. The number of ether oxygens (including phenoxy) is 1. The molecule has 0 atom stereocenters. The molecule has 0 aliphatic heterocycles. The molecular weight excluding hydrogens is 284 g/mol. The van der Waals surface area contributed by atoms with Crippen LogP contribution in [-0.4, -0.2) is 24.5 Å². The van der Waals surface area contributed by atoms with Gasteiger partial charge in [-0.3, -0.25) is 4.79 Å². The lowest BCUT2D eigenvalue weighted by Gasteiger charge is -2.16. The second-order valence-electron chi connectivity index (χ2n) is 4.86. The van der Waals surface area contributed by atoms with E-state index in [9.17, 15) is 4.79 Å². The fraction of sp³-hybridized carbons (Fsp3) is 0.312. The van der Waals surface area contributed by atoms with E-state index in [1.165, 1.54) is 11.3 Å². The van der Waals surface area contributed by atoms with E-state index in [0.29, 0.717) is 23.7 Å². The van der Waals surface area contributed by atoms with Crippen molar-refractivity contribution in [2.75, 3.05) is 19.4 Å². The molecule has 0 saturated carbocycles. The van der Waals surface area contributed by atoms with Crippen molar-refractivity contribution in [3.05, 3.63) is 45.6 Å². The highest BCUT2D eigenvalue weighted by atomic mass is 32.1. The monoisotopic (exact) mass is 304 g/mol. The number of nitrogens with two attached hydrogens (primary N) is 1. The Bertz CT molecular complexity index is 600. The van der Waals surface area contributed by atoms with Gasteiger partial charge in [0.25, 0.3) is 5.91 Å². The van der Waals surface area contributed by atoms with Crippen LogP contribution in [0.2, 0.25) is 0 Å². The molecule has 112 valence electrons. The lowest BCUT2D eigenvalue weighted by Crippen LogP contribution is -2.25. The molecule has 0 radical (unpaired) electrons. The van der Waals surface area contributed by atoms with Crippen LogP contribution in [0.25, 0.3) is 0 Å². The molecule has 21 heavy (non-hydrogen) atoms. The molecule has 0 bridgehead atoms. The van der Waals surface area contributed by atoms with Gasteiger partial charge in [-0.15, -0.1) is 11.3 Å². The molecule has 0 aliphatic carbocycles. The zero-order valence-electron chi connectivity index (χ0n) is 12.6. The Hall–Kier alpha value is -2.01. The van der Waals surface area contributed by atoms with Gasteiger partial charge in [0.2, 0.25) is 0 Å². The normalized spacial score (nSPS) is 10.4. The second kappa shape index (κ2) is 6.63. The Morgan fingerprint density at radius 2 is 2.00 bits per heavy atom. The van der Waals surface area contributed by atoms with Gasteiger partial charge < -0.3 is 15.4 Å². The number of rotatable bonds is 5. The number of carbonyl (C=O) groups excluding carboxylic acids is 1. The quantitative estimate of drug-likeness (QED) is 0.922. The Morgan fingerprint density at radius 3 is 2.52 bits per heavy atom. The molecule has 0 unspecified atom stereocenters. The van der Waals surface area contributed by atoms with Crippen molar-refractivity contribution in [3.8, 4) is 5.75 Å². The molecule has 5 heteroatoms. The van der Waals surface area contributed by atoms with Crippen LogP contribution in [0.15, 0.2) is 30.3 Å². The van der Waals surface area contributed by atoms with Crippen LogP contribution in [0.5, 0.6) is 5.75 Å². The average Bonchev–Trinajstić information content (AvgIpc) is 2.80. The van der Waals surface area contributed by atoms with Crippen LogP contribution in [0.3, 0.4) is 0 Å².